The van der Waals surface area contributed by atoms with Crippen LogP contribution in [-0.4, -0.2) is 37.1 Å². The van der Waals surface area contributed by atoms with Crippen LogP contribution in [0, 0.1) is 0 Å². The molecule has 0 amide bonds. The van der Waals surface area contributed by atoms with E-state index in [2.05, 4.69) is 4.98 Å². The third kappa shape index (κ3) is 2.76. The second kappa shape index (κ2) is 4.62. The molecule has 0 radical (unpaired) electrons. The molecular weight excluding hydrogens is 238 g/mol. The third-order valence-corrected chi connectivity index (χ3v) is 4.54. The van der Waals surface area contributed by atoms with Crippen LogP contribution < -0.4 is 5.73 Å². The van der Waals surface area contributed by atoms with Crippen molar-refractivity contribution >= 4 is 15.8 Å². The summed E-state index contributed by atoms with van der Waals surface area (Å²) in [6.45, 7) is 1.13. The van der Waals surface area contributed by atoms with Gasteiger partial charge < -0.3 is 5.73 Å². The fraction of sp³-hybridized carbons (Fsp3) is 0.545. The van der Waals surface area contributed by atoms with Crippen molar-refractivity contribution in [3.63, 3.8) is 0 Å². The fourth-order valence-electron chi connectivity index (χ4n) is 2.27. The average Bonchev–Trinajstić information content (AvgIpc) is 2.29. The zero-order valence-corrected chi connectivity index (χ0v) is 10.7. The second-order valence-electron chi connectivity index (χ2n) is 4.41. The number of piperidine rings is 1. The highest BCUT2D eigenvalue weighted by Crippen LogP contribution is 2.31. The number of rotatable bonds is 2. The number of sulfonamides is 1. The molecule has 94 valence electrons. The summed E-state index contributed by atoms with van der Waals surface area (Å²) < 4.78 is 24.3. The van der Waals surface area contributed by atoms with Gasteiger partial charge in [-0.05, 0) is 30.4 Å². The maximum atomic E-state index is 11.4. The molecule has 1 aliphatic heterocycles. The number of pyridine rings is 1. The van der Waals surface area contributed by atoms with E-state index in [0.717, 1.165) is 18.4 Å². The van der Waals surface area contributed by atoms with Crippen molar-refractivity contribution in [2.75, 3.05) is 25.1 Å². The summed E-state index contributed by atoms with van der Waals surface area (Å²) in [4.78, 5) is 4.07. The van der Waals surface area contributed by atoms with Crippen molar-refractivity contribution in [2.24, 2.45) is 0 Å². The first kappa shape index (κ1) is 12.3. The van der Waals surface area contributed by atoms with Gasteiger partial charge in [-0.25, -0.2) is 17.7 Å². The van der Waals surface area contributed by atoms with Gasteiger partial charge in [-0.1, -0.05) is 6.07 Å². The summed E-state index contributed by atoms with van der Waals surface area (Å²) in [5, 5.41) is 0. The van der Waals surface area contributed by atoms with Gasteiger partial charge in [-0.15, -0.1) is 0 Å². The van der Waals surface area contributed by atoms with Gasteiger partial charge in [0.25, 0.3) is 0 Å². The Hall–Kier alpha value is -1.14. The van der Waals surface area contributed by atoms with E-state index in [4.69, 9.17) is 5.73 Å². The molecule has 0 aliphatic carbocycles. The molecule has 0 saturated carbocycles. The van der Waals surface area contributed by atoms with Crippen LogP contribution in [0.2, 0.25) is 0 Å². The SMILES string of the molecule is CS(=O)(=O)N1CCC(c2cccnc2N)CC1. The molecule has 2 rings (SSSR count). The molecule has 17 heavy (non-hydrogen) atoms. The molecule has 1 aliphatic rings. The first-order chi connectivity index (χ1) is 7.98. The Morgan fingerprint density at radius 3 is 2.59 bits per heavy atom. The summed E-state index contributed by atoms with van der Waals surface area (Å²) in [6.07, 6.45) is 4.54. The molecule has 2 heterocycles. The average molecular weight is 255 g/mol. The lowest BCUT2D eigenvalue weighted by Gasteiger charge is -2.30. The number of nitrogen functional groups attached to an aromatic ring is 1. The van der Waals surface area contributed by atoms with Crippen LogP contribution in [-0.2, 0) is 10.0 Å². The second-order valence-corrected chi connectivity index (χ2v) is 6.40. The van der Waals surface area contributed by atoms with Crippen molar-refractivity contribution < 1.29 is 8.42 Å². The minimum Gasteiger partial charge on any atom is -0.383 e. The fourth-order valence-corrected chi connectivity index (χ4v) is 3.15. The number of aromatic nitrogens is 1. The lowest BCUT2D eigenvalue weighted by atomic mass is 9.91. The van der Waals surface area contributed by atoms with Gasteiger partial charge in [0, 0.05) is 19.3 Å². The van der Waals surface area contributed by atoms with E-state index in [1.165, 1.54) is 10.6 Å². The minimum atomic E-state index is -3.06. The lowest BCUT2D eigenvalue weighted by molar-refractivity contribution is 0.321. The molecule has 0 unspecified atom stereocenters. The molecule has 5 nitrogen and oxygen atoms in total. The lowest BCUT2D eigenvalue weighted by Crippen LogP contribution is -2.37. The maximum Gasteiger partial charge on any atom is 0.211 e. The Bertz CT molecular complexity index is 493. The highest BCUT2D eigenvalue weighted by molar-refractivity contribution is 7.88. The first-order valence-electron chi connectivity index (χ1n) is 5.64. The quantitative estimate of drug-likeness (QED) is 0.848. The number of nitrogens with two attached hydrogens (primary N) is 1. The Balaban J connectivity index is 2.08. The van der Waals surface area contributed by atoms with Crippen molar-refractivity contribution in [3.05, 3.63) is 23.9 Å². The zero-order chi connectivity index (χ0) is 12.5. The van der Waals surface area contributed by atoms with Crippen LogP contribution in [0.3, 0.4) is 0 Å². The molecule has 2 N–H and O–H groups in total. The predicted octanol–water partition coefficient (Wildman–Crippen LogP) is 0.803. The van der Waals surface area contributed by atoms with E-state index in [0.29, 0.717) is 24.8 Å². The Kier molecular flexibility index (Phi) is 3.35. The predicted molar refractivity (Wildman–Crippen MR) is 67.0 cm³/mol. The van der Waals surface area contributed by atoms with E-state index >= 15 is 0 Å². The Morgan fingerprint density at radius 1 is 1.41 bits per heavy atom. The van der Waals surface area contributed by atoms with Gasteiger partial charge in [0.2, 0.25) is 10.0 Å². The molecular formula is C11H17N3O2S. The van der Waals surface area contributed by atoms with Gasteiger partial charge in [0.1, 0.15) is 5.82 Å². The van der Waals surface area contributed by atoms with Gasteiger partial charge in [0.15, 0.2) is 0 Å². The minimum absolute atomic E-state index is 0.321. The first-order valence-corrected chi connectivity index (χ1v) is 7.49. The molecule has 1 saturated heterocycles. The Labute approximate surface area is 102 Å². The molecule has 1 fully saturated rings. The van der Waals surface area contributed by atoms with Crippen molar-refractivity contribution in [1.29, 1.82) is 0 Å². The largest absolute Gasteiger partial charge is 0.383 e. The molecule has 0 atom stereocenters. The van der Waals surface area contributed by atoms with Crippen LogP contribution in [0.25, 0.3) is 0 Å². The van der Waals surface area contributed by atoms with Crippen LogP contribution in [0.4, 0.5) is 5.82 Å². The van der Waals surface area contributed by atoms with Crippen LogP contribution in [0.5, 0.6) is 0 Å². The summed E-state index contributed by atoms with van der Waals surface area (Å²) in [5.74, 6) is 0.881. The topological polar surface area (TPSA) is 76.3 Å². The molecule has 6 heteroatoms. The summed E-state index contributed by atoms with van der Waals surface area (Å²) in [6, 6.07) is 3.84. The van der Waals surface area contributed by atoms with Crippen LogP contribution >= 0.6 is 0 Å². The molecule has 1 aromatic heterocycles. The molecule has 0 spiro atoms. The monoisotopic (exact) mass is 255 g/mol. The third-order valence-electron chi connectivity index (χ3n) is 3.23. The maximum absolute atomic E-state index is 11.4. The molecule has 0 bridgehead atoms. The molecule has 0 aromatic carbocycles. The van der Waals surface area contributed by atoms with Gasteiger partial charge in [-0.2, -0.15) is 0 Å². The number of nitrogens with zero attached hydrogens (tertiary/aromatic N) is 2. The van der Waals surface area contributed by atoms with Crippen molar-refractivity contribution in [3.8, 4) is 0 Å². The number of hydrogen-bond donors (Lipinski definition) is 1. The van der Waals surface area contributed by atoms with Gasteiger partial charge >= 0.3 is 0 Å². The van der Waals surface area contributed by atoms with E-state index in [9.17, 15) is 8.42 Å². The van der Waals surface area contributed by atoms with E-state index < -0.39 is 10.0 Å². The van der Waals surface area contributed by atoms with Gasteiger partial charge in [-0.3, -0.25) is 0 Å². The summed E-state index contributed by atoms with van der Waals surface area (Å²) >= 11 is 0. The number of anilines is 1. The van der Waals surface area contributed by atoms with Crippen molar-refractivity contribution in [2.45, 2.75) is 18.8 Å². The standard InChI is InChI=1S/C11H17N3O2S/c1-17(15,16)14-7-4-9(5-8-14)10-3-2-6-13-11(10)12/h2-3,6,9H,4-5,7-8H2,1H3,(H2,12,13). The highest BCUT2D eigenvalue weighted by Gasteiger charge is 2.26. The zero-order valence-electron chi connectivity index (χ0n) is 9.83. The van der Waals surface area contributed by atoms with E-state index in [-0.39, 0.29) is 0 Å². The Morgan fingerprint density at radius 2 is 2.06 bits per heavy atom. The normalized spacial score (nSPS) is 19.4. The highest BCUT2D eigenvalue weighted by atomic mass is 32.2. The van der Waals surface area contributed by atoms with Crippen LogP contribution in [0.1, 0.15) is 24.3 Å². The summed E-state index contributed by atoms with van der Waals surface area (Å²) in [7, 11) is -3.06. The summed E-state index contributed by atoms with van der Waals surface area (Å²) in [5.41, 5.74) is 6.87. The van der Waals surface area contributed by atoms with Crippen LogP contribution in [0.15, 0.2) is 18.3 Å². The van der Waals surface area contributed by atoms with Gasteiger partial charge in [0.05, 0.1) is 6.26 Å². The smallest absolute Gasteiger partial charge is 0.211 e. The van der Waals surface area contributed by atoms with Crippen molar-refractivity contribution in [1.82, 2.24) is 9.29 Å². The van der Waals surface area contributed by atoms with E-state index in [1.807, 2.05) is 12.1 Å². The number of hydrogen-bond acceptors (Lipinski definition) is 4. The molecule has 1 aromatic rings. The van der Waals surface area contributed by atoms with E-state index in [1.54, 1.807) is 6.20 Å².